The second-order valence-electron chi connectivity index (χ2n) is 9.35. The summed E-state index contributed by atoms with van der Waals surface area (Å²) in [5.74, 6) is -1.62. The van der Waals surface area contributed by atoms with E-state index in [4.69, 9.17) is 5.73 Å². The number of halogens is 3. The Balaban J connectivity index is 2.05. The van der Waals surface area contributed by atoms with Crippen LogP contribution in [0, 0.1) is 26.9 Å². The van der Waals surface area contributed by atoms with Crippen LogP contribution in [-0.2, 0) is 11.0 Å². The van der Waals surface area contributed by atoms with E-state index < -0.39 is 28.0 Å². The van der Waals surface area contributed by atoms with E-state index in [9.17, 15) is 33.3 Å². The first-order valence-corrected chi connectivity index (χ1v) is 10.7. The number of benzene rings is 2. The van der Waals surface area contributed by atoms with Gasteiger partial charge in [0.15, 0.2) is 5.78 Å². The lowest BCUT2D eigenvalue weighted by molar-refractivity contribution is -0.384. The van der Waals surface area contributed by atoms with Crippen LogP contribution in [0.15, 0.2) is 71.2 Å². The lowest BCUT2D eigenvalue weighted by Gasteiger charge is -2.44. The van der Waals surface area contributed by atoms with Crippen molar-refractivity contribution in [3.8, 4) is 6.07 Å². The van der Waals surface area contributed by atoms with E-state index in [1.165, 1.54) is 36.4 Å². The number of nitriles is 1. The summed E-state index contributed by atoms with van der Waals surface area (Å²) in [5, 5.41) is 21.4. The monoisotopic (exact) mass is 482 g/mol. The number of non-ortho nitro benzene ring substituents is 1. The van der Waals surface area contributed by atoms with Crippen molar-refractivity contribution >= 4 is 17.2 Å². The van der Waals surface area contributed by atoms with E-state index in [2.05, 4.69) is 0 Å². The molecule has 1 aliphatic heterocycles. The lowest BCUT2D eigenvalue weighted by atomic mass is 9.68. The summed E-state index contributed by atoms with van der Waals surface area (Å²) in [5.41, 5.74) is 4.84. The lowest BCUT2D eigenvalue weighted by Crippen LogP contribution is -2.42. The van der Waals surface area contributed by atoms with Crippen LogP contribution in [0.2, 0.25) is 0 Å². The second-order valence-corrected chi connectivity index (χ2v) is 9.35. The van der Waals surface area contributed by atoms with Gasteiger partial charge >= 0.3 is 6.18 Å². The predicted molar refractivity (Wildman–Crippen MR) is 122 cm³/mol. The van der Waals surface area contributed by atoms with Crippen molar-refractivity contribution in [2.24, 2.45) is 11.1 Å². The Bertz CT molecular complexity index is 1350. The quantitative estimate of drug-likeness (QED) is 0.453. The zero-order chi connectivity index (χ0) is 25.7. The number of anilines is 1. The van der Waals surface area contributed by atoms with E-state index in [0.29, 0.717) is 5.56 Å². The minimum Gasteiger partial charge on any atom is -0.384 e. The van der Waals surface area contributed by atoms with Gasteiger partial charge in [-0.1, -0.05) is 38.1 Å². The Morgan fingerprint density at radius 2 is 1.86 bits per heavy atom. The van der Waals surface area contributed by atoms with Crippen LogP contribution in [0.3, 0.4) is 0 Å². The number of alkyl halides is 3. The molecule has 4 rings (SSSR count). The predicted octanol–water partition coefficient (Wildman–Crippen LogP) is 5.55. The van der Waals surface area contributed by atoms with Crippen LogP contribution in [0.5, 0.6) is 0 Å². The average molecular weight is 482 g/mol. The maximum atomic E-state index is 13.9. The number of hydrogen-bond acceptors (Lipinski definition) is 6. The molecule has 35 heavy (non-hydrogen) atoms. The number of nitrogens with two attached hydrogens (primary N) is 1. The molecule has 0 saturated carbocycles. The first-order valence-electron chi connectivity index (χ1n) is 10.7. The summed E-state index contributed by atoms with van der Waals surface area (Å²) < 4.78 is 41.8. The SMILES string of the molecule is CC1(C)CC(=O)C2=C(C1)N(c1ccccc1C(F)(F)F)C(N)=C(C#N)C2c1cccc([N+](=O)[O-])c1. The number of para-hydroxylation sites is 1. The summed E-state index contributed by atoms with van der Waals surface area (Å²) in [6, 6.07) is 12.3. The molecule has 2 aromatic carbocycles. The van der Waals surface area contributed by atoms with Crippen molar-refractivity contribution in [3.63, 3.8) is 0 Å². The standard InChI is InChI=1S/C25H21F3N4O3/c1-24(2)11-19-22(20(33)12-24)21(14-6-5-7-15(10-14)32(34)35)16(13-29)23(30)31(19)18-9-4-3-8-17(18)25(26,27)28/h3-10,21H,11-12,30H2,1-2H3. The molecule has 180 valence electrons. The van der Waals surface area contributed by atoms with Crippen molar-refractivity contribution in [2.75, 3.05) is 4.90 Å². The Hall–Kier alpha value is -4.13. The first-order chi connectivity index (χ1) is 16.4. The molecular weight excluding hydrogens is 461 g/mol. The molecule has 1 heterocycles. The first kappa shape index (κ1) is 24.0. The summed E-state index contributed by atoms with van der Waals surface area (Å²) in [7, 11) is 0. The Morgan fingerprint density at radius 3 is 2.49 bits per heavy atom. The van der Waals surface area contributed by atoms with E-state index in [1.54, 1.807) is 6.07 Å². The molecule has 0 saturated heterocycles. The van der Waals surface area contributed by atoms with Gasteiger partial charge in [-0.05, 0) is 29.5 Å². The smallest absolute Gasteiger partial charge is 0.384 e. The normalized spacial score (nSPS) is 19.9. The van der Waals surface area contributed by atoms with Gasteiger partial charge in [-0.25, -0.2) is 0 Å². The Kier molecular flexibility index (Phi) is 5.67. The highest BCUT2D eigenvalue weighted by Crippen LogP contribution is 2.51. The molecule has 0 bridgehead atoms. The fourth-order valence-corrected chi connectivity index (χ4v) is 4.84. The highest BCUT2D eigenvalue weighted by atomic mass is 19.4. The highest BCUT2D eigenvalue weighted by molar-refractivity contribution is 6.01. The maximum Gasteiger partial charge on any atom is 0.418 e. The molecule has 1 unspecified atom stereocenters. The van der Waals surface area contributed by atoms with Gasteiger partial charge in [-0.2, -0.15) is 18.4 Å². The van der Waals surface area contributed by atoms with E-state index in [-0.39, 0.29) is 52.7 Å². The van der Waals surface area contributed by atoms with Crippen LogP contribution in [-0.4, -0.2) is 10.7 Å². The molecule has 0 aromatic heterocycles. The van der Waals surface area contributed by atoms with E-state index in [1.807, 2.05) is 19.9 Å². The van der Waals surface area contributed by atoms with Gasteiger partial charge in [0.1, 0.15) is 5.82 Å². The maximum absolute atomic E-state index is 13.9. The molecule has 0 spiro atoms. The number of carbonyl (C=O) groups is 1. The van der Waals surface area contributed by atoms with E-state index >= 15 is 0 Å². The third kappa shape index (κ3) is 4.14. The zero-order valence-electron chi connectivity index (χ0n) is 18.9. The van der Waals surface area contributed by atoms with Crippen molar-refractivity contribution in [1.82, 2.24) is 0 Å². The zero-order valence-corrected chi connectivity index (χ0v) is 18.9. The molecule has 0 fully saturated rings. The topological polar surface area (TPSA) is 113 Å². The number of nitro benzene ring substituents is 1. The van der Waals surface area contributed by atoms with Crippen molar-refractivity contribution in [2.45, 2.75) is 38.8 Å². The molecule has 0 amide bonds. The number of ketones is 1. The molecule has 1 atom stereocenters. The number of nitrogens with zero attached hydrogens (tertiary/aromatic N) is 3. The molecular formula is C25H21F3N4O3. The fourth-order valence-electron chi connectivity index (χ4n) is 4.84. The van der Waals surface area contributed by atoms with Crippen LogP contribution in [0.1, 0.15) is 43.7 Å². The molecule has 7 nitrogen and oxygen atoms in total. The number of nitro groups is 1. The minimum atomic E-state index is -4.71. The highest BCUT2D eigenvalue weighted by Gasteiger charge is 2.46. The van der Waals surface area contributed by atoms with Gasteiger partial charge in [0.25, 0.3) is 5.69 Å². The van der Waals surface area contributed by atoms with Gasteiger partial charge in [0, 0.05) is 29.8 Å². The summed E-state index contributed by atoms with van der Waals surface area (Å²) in [6.07, 6.45) is -4.40. The van der Waals surface area contributed by atoms with Crippen molar-refractivity contribution < 1.29 is 22.9 Å². The fraction of sp³-hybridized carbons (Fsp3) is 0.280. The van der Waals surface area contributed by atoms with Crippen molar-refractivity contribution in [1.29, 1.82) is 5.26 Å². The van der Waals surface area contributed by atoms with Gasteiger partial charge in [-0.15, -0.1) is 0 Å². The van der Waals surface area contributed by atoms with Crippen LogP contribution in [0.4, 0.5) is 24.5 Å². The Morgan fingerprint density at radius 1 is 1.17 bits per heavy atom. The third-order valence-corrected chi connectivity index (χ3v) is 6.25. The van der Waals surface area contributed by atoms with Gasteiger partial charge < -0.3 is 5.73 Å². The molecule has 2 aliphatic rings. The molecule has 0 radical (unpaired) electrons. The third-order valence-electron chi connectivity index (χ3n) is 6.25. The average Bonchev–Trinajstić information content (AvgIpc) is 2.77. The molecule has 10 heteroatoms. The number of carbonyl (C=O) groups excluding carboxylic acids is 1. The number of allylic oxidation sites excluding steroid dienone is 3. The minimum absolute atomic E-state index is 0.102. The number of Topliss-reactive ketones (excluding diaryl/α,β-unsaturated/α-hetero) is 1. The second kappa shape index (κ2) is 8.27. The van der Waals surface area contributed by atoms with Crippen molar-refractivity contribution in [3.05, 3.63) is 92.4 Å². The number of rotatable bonds is 3. The van der Waals surface area contributed by atoms with Crippen LogP contribution >= 0.6 is 0 Å². The Labute approximate surface area is 199 Å². The van der Waals surface area contributed by atoms with Gasteiger partial charge in [0.2, 0.25) is 0 Å². The van der Waals surface area contributed by atoms with E-state index in [0.717, 1.165) is 11.0 Å². The van der Waals surface area contributed by atoms with Crippen LogP contribution < -0.4 is 10.6 Å². The molecule has 1 aliphatic carbocycles. The summed E-state index contributed by atoms with van der Waals surface area (Å²) >= 11 is 0. The number of hydrogen-bond donors (Lipinski definition) is 1. The largest absolute Gasteiger partial charge is 0.418 e. The molecule has 2 N–H and O–H groups in total. The summed E-state index contributed by atoms with van der Waals surface area (Å²) in [6.45, 7) is 3.65. The molecule has 2 aromatic rings. The van der Waals surface area contributed by atoms with Gasteiger partial charge in [-0.3, -0.25) is 19.8 Å². The summed E-state index contributed by atoms with van der Waals surface area (Å²) in [4.78, 5) is 25.4. The van der Waals surface area contributed by atoms with Gasteiger partial charge in [0.05, 0.1) is 33.7 Å². The van der Waals surface area contributed by atoms with Crippen LogP contribution in [0.25, 0.3) is 0 Å².